The van der Waals surface area contributed by atoms with Crippen LogP contribution in [0.3, 0.4) is 0 Å². The van der Waals surface area contributed by atoms with Crippen molar-refractivity contribution in [3.63, 3.8) is 0 Å². The quantitative estimate of drug-likeness (QED) is 0.869. The van der Waals surface area contributed by atoms with Gasteiger partial charge in [0, 0.05) is 11.8 Å². The molecule has 0 atom stereocenters. The summed E-state index contributed by atoms with van der Waals surface area (Å²) < 4.78 is 40.4. The Bertz CT molecular complexity index is 689. The number of hydrogen-bond acceptors (Lipinski definition) is 3. The fourth-order valence-electron chi connectivity index (χ4n) is 1.63. The zero-order valence-corrected chi connectivity index (χ0v) is 10.9. The van der Waals surface area contributed by atoms with Crippen molar-refractivity contribution < 1.29 is 27.8 Å². The van der Waals surface area contributed by atoms with E-state index < -0.39 is 18.1 Å². The Morgan fingerprint density at radius 3 is 2.62 bits per heavy atom. The van der Waals surface area contributed by atoms with Gasteiger partial charge in [0.1, 0.15) is 10.9 Å². The van der Waals surface area contributed by atoms with Crippen molar-refractivity contribution >= 4 is 17.6 Å². The van der Waals surface area contributed by atoms with E-state index in [2.05, 4.69) is 9.72 Å². The van der Waals surface area contributed by atoms with Gasteiger partial charge in [0.2, 0.25) is 0 Å². The predicted octanol–water partition coefficient (Wildman–Crippen LogP) is 4.00. The lowest BCUT2D eigenvalue weighted by molar-refractivity contribution is -0.274. The summed E-state index contributed by atoms with van der Waals surface area (Å²) in [4.78, 5) is 14.6. The van der Waals surface area contributed by atoms with Crippen LogP contribution in [0.2, 0.25) is 5.15 Å². The zero-order chi connectivity index (χ0) is 15.6. The van der Waals surface area contributed by atoms with E-state index >= 15 is 0 Å². The van der Waals surface area contributed by atoms with Crippen molar-refractivity contribution in [1.82, 2.24) is 4.98 Å². The maximum absolute atomic E-state index is 12.2. The van der Waals surface area contributed by atoms with Gasteiger partial charge in [0.15, 0.2) is 0 Å². The molecule has 8 heteroatoms. The first-order chi connectivity index (χ1) is 9.76. The SMILES string of the molecule is O=C(O)c1cnc(Cl)c(-c2cccc(OC(F)(F)F)c2)c1. The fraction of sp³-hybridized carbons (Fsp3) is 0.0769. The normalized spacial score (nSPS) is 11.2. The second-order valence-corrected chi connectivity index (χ2v) is 4.30. The number of aromatic carboxylic acids is 1. The molecule has 1 N–H and O–H groups in total. The van der Waals surface area contributed by atoms with Crippen LogP contribution in [0.4, 0.5) is 13.2 Å². The van der Waals surface area contributed by atoms with E-state index in [-0.39, 0.29) is 21.8 Å². The molecule has 0 radical (unpaired) electrons. The molecule has 1 aromatic carbocycles. The van der Waals surface area contributed by atoms with Crippen molar-refractivity contribution in [3.8, 4) is 16.9 Å². The van der Waals surface area contributed by atoms with Crippen molar-refractivity contribution in [2.75, 3.05) is 0 Å². The van der Waals surface area contributed by atoms with Gasteiger partial charge in [-0.15, -0.1) is 13.2 Å². The van der Waals surface area contributed by atoms with E-state index in [1.165, 1.54) is 18.2 Å². The highest BCUT2D eigenvalue weighted by atomic mass is 35.5. The third-order valence-electron chi connectivity index (χ3n) is 2.46. The minimum atomic E-state index is -4.82. The number of carboxylic acid groups (broad SMARTS) is 1. The van der Waals surface area contributed by atoms with Crippen molar-refractivity contribution in [1.29, 1.82) is 0 Å². The molecular formula is C13H7ClF3NO3. The Hall–Kier alpha value is -2.28. The minimum absolute atomic E-state index is 0.0239. The Balaban J connectivity index is 2.45. The Labute approximate surface area is 121 Å². The number of carbonyl (C=O) groups is 1. The van der Waals surface area contributed by atoms with Crippen molar-refractivity contribution in [2.24, 2.45) is 0 Å². The van der Waals surface area contributed by atoms with Gasteiger partial charge in [-0.25, -0.2) is 9.78 Å². The lowest BCUT2D eigenvalue weighted by atomic mass is 10.1. The molecule has 0 spiro atoms. The van der Waals surface area contributed by atoms with Gasteiger partial charge < -0.3 is 9.84 Å². The number of halogens is 4. The minimum Gasteiger partial charge on any atom is -0.478 e. The van der Waals surface area contributed by atoms with E-state index in [1.54, 1.807) is 0 Å². The van der Waals surface area contributed by atoms with Gasteiger partial charge in [-0.2, -0.15) is 0 Å². The van der Waals surface area contributed by atoms with Gasteiger partial charge in [-0.05, 0) is 23.8 Å². The van der Waals surface area contributed by atoms with Gasteiger partial charge in [-0.1, -0.05) is 23.7 Å². The van der Waals surface area contributed by atoms with Crippen LogP contribution in [-0.4, -0.2) is 22.4 Å². The van der Waals surface area contributed by atoms with Crippen LogP contribution in [0.1, 0.15) is 10.4 Å². The van der Waals surface area contributed by atoms with Gasteiger partial charge in [0.05, 0.1) is 5.56 Å². The van der Waals surface area contributed by atoms with E-state index in [1.807, 2.05) is 0 Å². The summed E-state index contributed by atoms with van der Waals surface area (Å²) >= 11 is 5.85. The van der Waals surface area contributed by atoms with Crippen LogP contribution in [-0.2, 0) is 0 Å². The molecular weight excluding hydrogens is 311 g/mol. The maximum Gasteiger partial charge on any atom is 0.573 e. The topological polar surface area (TPSA) is 59.4 Å². The third kappa shape index (κ3) is 3.85. The number of hydrogen-bond donors (Lipinski definition) is 1. The number of aromatic nitrogens is 1. The summed E-state index contributed by atoms with van der Waals surface area (Å²) in [5, 5.41) is 8.87. The Kier molecular flexibility index (Phi) is 4.04. The summed E-state index contributed by atoms with van der Waals surface area (Å²) in [5.41, 5.74) is 0.332. The average molecular weight is 318 g/mol. The molecule has 1 aromatic heterocycles. The Morgan fingerprint density at radius 1 is 1.29 bits per heavy atom. The number of ether oxygens (including phenoxy) is 1. The first-order valence-corrected chi connectivity index (χ1v) is 5.89. The lowest BCUT2D eigenvalue weighted by Crippen LogP contribution is -2.17. The third-order valence-corrected chi connectivity index (χ3v) is 2.77. The molecule has 1 heterocycles. The van der Waals surface area contributed by atoms with Crippen LogP contribution >= 0.6 is 11.6 Å². The summed E-state index contributed by atoms with van der Waals surface area (Å²) in [6, 6.07) is 6.25. The molecule has 21 heavy (non-hydrogen) atoms. The molecule has 0 amide bonds. The van der Waals surface area contributed by atoms with Crippen LogP contribution in [0.15, 0.2) is 36.5 Å². The highest BCUT2D eigenvalue weighted by molar-refractivity contribution is 6.32. The first-order valence-electron chi connectivity index (χ1n) is 5.51. The molecule has 0 aliphatic heterocycles. The molecule has 0 unspecified atom stereocenters. The van der Waals surface area contributed by atoms with Crippen molar-refractivity contribution in [3.05, 3.63) is 47.2 Å². The van der Waals surface area contributed by atoms with Crippen LogP contribution in [0.25, 0.3) is 11.1 Å². The summed E-state index contributed by atoms with van der Waals surface area (Å²) in [6.07, 6.45) is -3.76. The lowest BCUT2D eigenvalue weighted by Gasteiger charge is -2.11. The van der Waals surface area contributed by atoms with Crippen LogP contribution in [0, 0.1) is 0 Å². The molecule has 0 bridgehead atoms. The standard InChI is InChI=1S/C13H7ClF3NO3/c14-11-10(5-8(6-18-11)12(19)20)7-2-1-3-9(4-7)21-13(15,16)17/h1-6H,(H,19,20). The molecule has 0 saturated carbocycles. The maximum atomic E-state index is 12.2. The van der Waals surface area contributed by atoms with E-state index in [4.69, 9.17) is 16.7 Å². The summed E-state index contributed by atoms with van der Waals surface area (Å²) in [6.45, 7) is 0. The van der Waals surface area contributed by atoms with Crippen LogP contribution in [0.5, 0.6) is 5.75 Å². The molecule has 2 aromatic rings. The number of carboxylic acids is 1. The highest BCUT2D eigenvalue weighted by Gasteiger charge is 2.31. The number of benzene rings is 1. The monoisotopic (exact) mass is 317 g/mol. The van der Waals surface area contributed by atoms with E-state index in [9.17, 15) is 18.0 Å². The molecule has 110 valence electrons. The second-order valence-electron chi connectivity index (χ2n) is 3.94. The fourth-order valence-corrected chi connectivity index (χ4v) is 1.84. The summed E-state index contributed by atoms with van der Waals surface area (Å²) in [7, 11) is 0. The first kappa shape index (κ1) is 15.1. The molecule has 4 nitrogen and oxygen atoms in total. The average Bonchev–Trinajstić information content (AvgIpc) is 2.37. The summed E-state index contributed by atoms with van der Waals surface area (Å²) in [5.74, 6) is -1.65. The predicted molar refractivity (Wildman–Crippen MR) is 68.3 cm³/mol. The van der Waals surface area contributed by atoms with E-state index in [0.717, 1.165) is 18.3 Å². The number of nitrogens with zero attached hydrogens (tertiary/aromatic N) is 1. The second kappa shape index (κ2) is 5.61. The largest absolute Gasteiger partial charge is 0.573 e. The van der Waals surface area contributed by atoms with E-state index in [0.29, 0.717) is 0 Å². The zero-order valence-electron chi connectivity index (χ0n) is 10.2. The highest BCUT2D eigenvalue weighted by Crippen LogP contribution is 2.31. The van der Waals surface area contributed by atoms with Gasteiger partial charge in [-0.3, -0.25) is 0 Å². The molecule has 0 fully saturated rings. The molecule has 0 aliphatic carbocycles. The smallest absolute Gasteiger partial charge is 0.478 e. The number of alkyl halides is 3. The molecule has 2 rings (SSSR count). The van der Waals surface area contributed by atoms with Crippen molar-refractivity contribution in [2.45, 2.75) is 6.36 Å². The molecule has 0 saturated heterocycles. The molecule has 0 aliphatic rings. The van der Waals surface area contributed by atoms with Crippen LogP contribution < -0.4 is 4.74 Å². The number of rotatable bonds is 3. The van der Waals surface area contributed by atoms with Gasteiger partial charge >= 0.3 is 12.3 Å². The number of pyridine rings is 1. The van der Waals surface area contributed by atoms with Gasteiger partial charge in [0.25, 0.3) is 0 Å². The Morgan fingerprint density at radius 2 is 2.00 bits per heavy atom.